The highest BCUT2D eigenvalue weighted by atomic mass is 16.5. The van der Waals surface area contributed by atoms with Crippen LogP contribution in [0.25, 0.3) is 0 Å². The number of nitrogens with one attached hydrogen (secondary N) is 1. The molecule has 0 bridgehead atoms. The molecule has 3 unspecified atom stereocenters. The van der Waals surface area contributed by atoms with E-state index in [1.54, 1.807) is 14.2 Å². The molecule has 218 valence electrons. The van der Waals surface area contributed by atoms with Gasteiger partial charge in [0.2, 0.25) is 11.8 Å². The third-order valence-corrected chi connectivity index (χ3v) is 10.0. The SMILES string of the molecule is COc1ncc(C2CCCCC2)cc1CNC1C(c2ccccc2)N(C(=O)C2CCCCC2)CC1C(C)(C)OC. The molecule has 3 aliphatic rings. The van der Waals surface area contributed by atoms with E-state index in [-0.39, 0.29) is 23.9 Å². The molecule has 1 N–H and O–H groups in total. The number of likely N-dealkylation sites (tertiary alicyclic amines) is 1. The molecule has 3 fully saturated rings. The summed E-state index contributed by atoms with van der Waals surface area (Å²) < 4.78 is 11.8. The Morgan fingerprint density at radius 3 is 2.30 bits per heavy atom. The van der Waals surface area contributed by atoms with Gasteiger partial charge in [-0.1, -0.05) is 68.9 Å². The Morgan fingerprint density at radius 1 is 0.975 bits per heavy atom. The molecule has 5 rings (SSSR count). The Bertz CT molecular complexity index is 1110. The molecule has 2 saturated carbocycles. The third-order valence-electron chi connectivity index (χ3n) is 10.0. The summed E-state index contributed by atoms with van der Waals surface area (Å²) in [7, 11) is 3.50. The Morgan fingerprint density at radius 2 is 1.65 bits per heavy atom. The molecule has 6 heteroatoms. The largest absolute Gasteiger partial charge is 0.481 e. The van der Waals surface area contributed by atoms with Crippen molar-refractivity contribution in [3.05, 3.63) is 59.3 Å². The molecule has 0 radical (unpaired) electrons. The van der Waals surface area contributed by atoms with E-state index in [1.165, 1.54) is 49.7 Å². The lowest BCUT2D eigenvalue weighted by Crippen LogP contribution is -2.47. The van der Waals surface area contributed by atoms with E-state index in [9.17, 15) is 4.79 Å². The number of amides is 1. The Labute approximate surface area is 241 Å². The number of carbonyl (C=O) groups is 1. The topological polar surface area (TPSA) is 63.7 Å². The molecule has 1 aliphatic heterocycles. The summed E-state index contributed by atoms with van der Waals surface area (Å²) >= 11 is 0. The smallest absolute Gasteiger partial charge is 0.226 e. The van der Waals surface area contributed by atoms with Gasteiger partial charge in [0, 0.05) is 49.8 Å². The minimum atomic E-state index is -0.404. The van der Waals surface area contributed by atoms with Gasteiger partial charge in [-0.15, -0.1) is 0 Å². The van der Waals surface area contributed by atoms with E-state index in [2.05, 4.69) is 60.5 Å². The van der Waals surface area contributed by atoms with Gasteiger partial charge >= 0.3 is 0 Å². The predicted octanol–water partition coefficient (Wildman–Crippen LogP) is 6.80. The van der Waals surface area contributed by atoms with E-state index >= 15 is 0 Å². The van der Waals surface area contributed by atoms with Crippen molar-refractivity contribution in [2.24, 2.45) is 11.8 Å². The summed E-state index contributed by atoms with van der Waals surface area (Å²) in [5, 5.41) is 3.94. The van der Waals surface area contributed by atoms with Crippen molar-refractivity contribution in [2.45, 2.75) is 108 Å². The maximum absolute atomic E-state index is 14.1. The molecule has 2 heterocycles. The van der Waals surface area contributed by atoms with Crippen LogP contribution in [0.1, 0.15) is 107 Å². The first-order valence-electron chi connectivity index (χ1n) is 15.6. The van der Waals surface area contributed by atoms with Crippen molar-refractivity contribution >= 4 is 5.91 Å². The molecule has 0 spiro atoms. The van der Waals surface area contributed by atoms with Crippen LogP contribution in [0.5, 0.6) is 5.88 Å². The zero-order valence-corrected chi connectivity index (χ0v) is 25.0. The van der Waals surface area contributed by atoms with Crippen LogP contribution in [-0.4, -0.2) is 48.2 Å². The van der Waals surface area contributed by atoms with E-state index in [4.69, 9.17) is 14.5 Å². The van der Waals surface area contributed by atoms with Crippen LogP contribution >= 0.6 is 0 Å². The number of methoxy groups -OCH3 is 2. The quantitative estimate of drug-likeness (QED) is 0.374. The number of aromatic nitrogens is 1. The second-order valence-electron chi connectivity index (χ2n) is 12.8. The summed E-state index contributed by atoms with van der Waals surface area (Å²) in [6, 6.07) is 12.9. The first kappa shape index (κ1) is 29.1. The first-order valence-corrected chi connectivity index (χ1v) is 15.6. The molecule has 2 aromatic rings. The van der Waals surface area contributed by atoms with E-state index in [0.717, 1.165) is 31.2 Å². The second-order valence-corrected chi connectivity index (χ2v) is 12.8. The Kier molecular flexibility index (Phi) is 9.47. The number of nitrogens with zero attached hydrogens (tertiary/aromatic N) is 2. The number of ether oxygens (including phenoxy) is 2. The van der Waals surface area contributed by atoms with Gasteiger partial charge in [0.15, 0.2) is 0 Å². The number of pyridine rings is 1. The number of carbonyl (C=O) groups excluding carboxylic acids is 1. The highest BCUT2D eigenvalue weighted by molar-refractivity contribution is 5.80. The lowest BCUT2D eigenvalue weighted by Gasteiger charge is -2.36. The zero-order chi connectivity index (χ0) is 28.1. The molecule has 1 saturated heterocycles. The van der Waals surface area contributed by atoms with Crippen LogP contribution in [0, 0.1) is 11.8 Å². The van der Waals surface area contributed by atoms with Crippen molar-refractivity contribution in [1.29, 1.82) is 0 Å². The number of rotatable bonds is 9. The molecule has 3 atom stereocenters. The summed E-state index contributed by atoms with van der Waals surface area (Å²) in [5.41, 5.74) is 3.19. The molecule has 1 aromatic heterocycles. The van der Waals surface area contributed by atoms with Gasteiger partial charge in [0.1, 0.15) is 0 Å². The lowest BCUT2D eigenvalue weighted by atomic mass is 9.82. The maximum Gasteiger partial charge on any atom is 0.226 e. The van der Waals surface area contributed by atoms with Crippen molar-refractivity contribution in [3.8, 4) is 5.88 Å². The van der Waals surface area contributed by atoms with Crippen molar-refractivity contribution < 1.29 is 14.3 Å². The van der Waals surface area contributed by atoms with Crippen LogP contribution in [-0.2, 0) is 16.1 Å². The number of benzene rings is 1. The summed E-state index contributed by atoms with van der Waals surface area (Å²) in [6.45, 7) is 5.64. The minimum Gasteiger partial charge on any atom is -0.481 e. The van der Waals surface area contributed by atoms with Crippen LogP contribution in [0.4, 0.5) is 0 Å². The normalized spacial score (nSPS) is 24.8. The molecule has 6 nitrogen and oxygen atoms in total. The minimum absolute atomic E-state index is 0.0212. The third kappa shape index (κ3) is 6.23. The van der Waals surface area contributed by atoms with Gasteiger partial charge in [-0.3, -0.25) is 4.79 Å². The fraction of sp³-hybridized carbons (Fsp3) is 0.647. The molecular weight excluding hydrogens is 498 g/mol. The van der Waals surface area contributed by atoms with Crippen molar-refractivity contribution in [3.63, 3.8) is 0 Å². The lowest BCUT2D eigenvalue weighted by molar-refractivity contribution is -0.138. The van der Waals surface area contributed by atoms with Crippen molar-refractivity contribution in [2.75, 3.05) is 20.8 Å². The fourth-order valence-electron chi connectivity index (χ4n) is 7.47. The summed E-state index contributed by atoms with van der Waals surface area (Å²) in [4.78, 5) is 21.0. The van der Waals surface area contributed by atoms with Crippen LogP contribution in [0.15, 0.2) is 42.6 Å². The van der Waals surface area contributed by atoms with Gasteiger partial charge in [-0.05, 0) is 62.6 Å². The molecule has 1 aromatic carbocycles. The Hall–Kier alpha value is -2.44. The predicted molar refractivity (Wildman–Crippen MR) is 159 cm³/mol. The van der Waals surface area contributed by atoms with Crippen LogP contribution < -0.4 is 10.1 Å². The fourth-order valence-corrected chi connectivity index (χ4v) is 7.47. The van der Waals surface area contributed by atoms with E-state index < -0.39 is 5.60 Å². The molecule has 1 amide bonds. The van der Waals surface area contributed by atoms with E-state index in [1.807, 2.05) is 6.20 Å². The summed E-state index contributed by atoms with van der Waals surface area (Å²) in [6.07, 6.45) is 14.0. The average Bonchev–Trinajstić information content (AvgIpc) is 3.41. The highest BCUT2D eigenvalue weighted by Gasteiger charge is 2.51. The first-order chi connectivity index (χ1) is 19.4. The van der Waals surface area contributed by atoms with Gasteiger partial charge in [-0.25, -0.2) is 4.98 Å². The van der Waals surface area contributed by atoms with Crippen LogP contribution in [0.3, 0.4) is 0 Å². The highest BCUT2D eigenvalue weighted by Crippen LogP contribution is 2.44. The van der Waals surface area contributed by atoms with Crippen molar-refractivity contribution in [1.82, 2.24) is 15.2 Å². The van der Waals surface area contributed by atoms with E-state index in [0.29, 0.717) is 30.8 Å². The van der Waals surface area contributed by atoms with Crippen LogP contribution in [0.2, 0.25) is 0 Å². The molecule has 2 aliphatic carbocycles. The van der Waals surface area contributed by atoms with Gasteiger partial charge in [-0.2, -0.15) is 0 Å². The second kappa shape index (κ2) is 13.0. The van der Waals surface area contributed by atoms with Gasteiger partial charge in [0.25, 0.3) is 0 Å². The van der Waals surface area contributed by atoms with Gasteiger partial charge in [0.05, 0.1) is 18.8 Å². The number of hydrogen-bond acceptors (Lipinski definition) is 5. The molecular formula is C34H49N3O3. The summed E-state index contributed by atoms with van der Waals surface area (Å²) in [5.74, 6) is 1.82. The standard InChI is InChI=1S/C34H49N3O3/c1-34(2,40-4)29-23-37(33(38)26-18-12-7-13-19-26)31(25-16-10-6-11-17-25)30(29)35-22-28-20-27(21-36-32(28)39-3)24-14-8-5-9-15-24/h6,10-11,16-17,20-21,24,26,29-31,35H,5,7-9,12-15,18-19,22-23H2,1-4H3. The maximum atomic E-state index is 14.1. The molecule has 40 heavy (non-hydrogen) atoms. The monoisotopic (exact) mass is 547 g/mol. The average molecular weight is 548 g/mol. The van der Waals surface area contributed by atoms with Gasteiger partial charge < -0.3 is 19.7 Å². The number of hydrogen-bond donors (Lipinski definition) is 1. The zero-order valence-electron chi connectivity index (χ0n) is 25.0. The Balaban J connectivity index is 1.47.